The van der Waals surface area contributed by atoms with Gasteiger partial charge in [0.15, 0.2) is 0 Å². The van der Waals surface area contributed by atoms with E-state index in [4.69, 9.17) is 0 Å². The Labute approximate surface area is 120 Å². The molecule has 1 atom stereocenters. The Morgan fingerprint density at radius 1 is 1.35 bits per heavy atom. The average molecular weight is 290 g/mol. The standard InChI is InChI=1S/C15H15FN2OS/c1-18-9-10(5-6-14(18)19)17-13-7-8-20-15-11(13)3-2-4-12(15)16/h2-6,9,13,17H,7-8H2,1H3. The number of nitrogens with zero attached hydrogens (tertiary/aromatic N) is 1. The Bertz CT molecular complexity index is 699. The van der Waals surface area contributed by atoms with Crippen molar-refractivity contribution < 1.29 is 4.39 Å². The fourth-order valence-corrected chi connectivity index (χ4v) is 3.56. The summed E-state index contributed by atoms with van der Waals surface area (Å²) in [5, 5.41) is 3.39. The summed E-state index contributed by atoms with van der Waals surface area (Å²) < 4.78 is 15.3. The molecular weight excluding hydrogens is 275 g/mol. The van der Waals surface area contributed by atoms with Crippen LogP contribution >= 0.6 is 11.8 Å². The molecule has 0 fully saturated rings. The molecular formula is C15H15FN2OS. The zero-order valence-corrected chi connectivity index (χ0v) is 11.9. The van der Waals surface area contributed by atoms with E-state index >= 15 is 0 Å². The Hall–Kier alpha value is -1.75. The molecule has 20 heavy (non-hydrogen) atoms. The molecule has 2 aromatic rings. The smallest absolute Gasteiger partial charge is 0.250 e. The first-order valence-electron chi connectivity index (χ1n) is 6.49. The first kappa shape index (κ1) is 13.2. The van der Waals surface area contributed by atoms with E-state index in [-0.39, 0.29) is 17.4 Å². The van der Waals surface area contributed by atoms with Crippen molar-refractivity contribution in [2.24, 2.45) is 7.05 Å². The third kappa shape index (κ3) is 2.45. The van der Waals surface area contributed by atoms with Gasteiger partial charge in [-0.1, -0.05) is 12.1 Å². The van der Waals surface area contributed by atoms with Gasteiger partial charge < -0.3 is 9.88 Å². The maximum atomic E-state index is 13.8. The van der Waals surface area contributed by atoms with Gasteiger partial charge in [-0.3, -0.25) is 4.79 Å². The minimum atomic E-state index is -0.153. The molecule has 1 aliphatic rings. The van der Waals surface area contributed by atoms with Crippen LogP contribution < -0.4 is 10.9 Å². The quantitative estimate of drug-likeness (QED) is 0.922. The van der Waals surface area contributed by atoms with E-state index in [1.807, 2.05) is 6.07 Å². The zero-order valence-electron chi connectivity index (χ0n) is 11.1. The van der Waals surface area contributed by atoms with Gasteiger partial charge in [-0.05, 0) is 24.1 Å². The summed E-state index contributed by atoms with van der Waals surface area (Å²) in [6, 6.07) is 8.59. The number of hydrogen-bond acceptors (Lipinski definition) is 3. The molecule has 0 radical (unpaired) electrons. The number of aryl methyl sites for hydroxylation is 1. The van der Waals surface area contributed by atoms with Crippen LogP contribution in [0.4, 0.5) is 10.1 Å². The van der Waals surface area contributed by atoms with Gasteiger partial charge in [0.2, 0.25) is 5.56 Å². The van der Waals surface area contributed by atoms with E-state index in [2.05, 4.69) is 5.32 Å². The molecule has 3 nitrogen and oxygen atoms in total. The van der Waals surface area contributed by atoms with Crippen LogP contribution in [-0.2, 0) is 7.05 Å². The molecule has 0 spiro atoms. The predicted octanol–water partition coefficient (Wildman–Crippen LogP) is 3.17. The summed E-state index contributed by atoms with van der Waals surface area (Å²) in [5.74, 6) is 0.733. The van der Waals surface area contributed by atoms with Crippen LogP contribution in [0.1, 0.15) is 18.0 Å². The van der Waals surface area contributed by atoms with Crippen LogP contribution in [0, 0.1) is 5.82 Å². The highest BCUT2D eigenvalue weighted by molar-refractivity contribution is 7.99. The Balaban J connectivity index is 1.91. The Morgan fingerprint density at radius 3 is 3.00 bits per heavy atom. The number of pyridine rings is 1. The van der Waals surface area contributed by atoms with Gasteiger partial charge in [0.05, 0.1) is 11.7 Å². The van der Waals surface area contributed by atoms with E-state index < -0.39 is 0 Å². The van der Waals surface area contributed by atoms with Gasteiger partial charge in [-0.15, -0.1) is 11.8 Å². The average Bonchev–Trinajstić information content (AvgIpc) is 2.44. The lowest BCUT2D eigenvalue weighted by Gasteiger charge is -2.27. The third-order valence-electron chi connectivity index (χ3n) is 3.45. The number of halogens is 1. The van der Waals surface area contributed by atoms with Gasteiger partial charge >= 0.3 is 0 Å². The molecule has 1 aliphatic heterocycles. The van der Waals surface area contributed by atoms with Crippen LogP contribution in [0.25, 0.3) is 0 Å². The lowest BCUT2D eigenvalue weighted by molar-refractivity contribution is 0.585. The van der Waals surface area contributed by atoms with Gasteiger partial charge in [-0.25, -0.2) is 4.39 Å². The summed E-state index contributed by atoms with van der Waals surface area (Å²) >= 11 is 1.57. The van der Waals surface area contributed by atoms with Gasteiger partial charge in [0.25, 0.3) is 0 Å². The van der Waals surface area contributed by atoms with Gasteiger partial charge in [-0.2, -0.15) is 0 Å². The number of nitrogens with one attached hydrogen (secondary N) is 1. The van der Waals surface area contributed by atoms with Crippen LogP contribution in [-0.4, -0.2) is 10.3 Å². The Kier molecular flexibility index (Phi) is 3.53. The summed E-state index contributed by atoms with van der Waals surface area (Å²) in [5.41, 5.74) is 1.83. The van der Waals surface area contributed by atoms with Crippen molar-refractivity contribution in [1.82, 2.24) is 4.57 Å². The minimum Gasteiger partial charge on any atom is -0.377 e. The minimum absolute atomic E-state index is 0.0406. The topological polar surface area (TPSA) is 34.0 Å². The van der Waals surface area contributed by atoms with Crippen molar-refractivity contribution in [2.75, 3.05) is 11.1 Å². The molecule has 1 unspecified atom stereocenters. The molecule has 1 aromatic carbocycles. The largest absolute Gasteiger partial charge is 0.377 e. The van der Waals surface area contributed by atoms with Crippen LogP contribution in [0.2, 0.25) is 0 Å². The molecule has 1 N–H and O–H groups in total. The highest BCUT2D eigenvalue weighted by Gasteiger charge is 2.22. The van der Waals surface area contributed by atoms with Crippen molar-refractivity contribution in [1.29, 1.82) is 0 Å². The second-order valence-electron chi connectivity index (χ2n) is 4.86. The van der Waals surface area contributed by atoms with Crippen LogP contribution in [0.3, 0.4) is 0 Å². The molecule has 5 heteroatoms. The van der Waals surface area contributed by atoms with Crippen molar-refractivity contribution in [2.45, 2.75) is 17.4 Å². The molecule has 0 saturated carbocycles. The van der Waals surface area contributed by atoms with Crippen molar-refractivity contribution in [3.63, 3.8) is 0 Å². The molecule has 2 heterocycles. The number of rotatable bonds is 2. The summed E-state index contributed by atoms with van der Waals surface area (Å²) in [7, 11) is 1.72. The first-order valence-corrected chi connectivity index (χ1v) is 7.48. The van der Waals surface area contributed by atoms with E-state index in [9.17, 15) is 9.18 Å². The van der Waals surface area contributed by atoms with E-state index in [1.54, 1.807) is 37.1 Å². The normalized spacial score (nSPS) is 17.6. The van der Waals surface area contributed by atoms with E-state index in [0.29, 0.717) is 0 Å². The lowest BCUT2D eigenvalue weighted by Crippen LogP contribution is -2.19. The van der Waals surface area contributed by atoms with Crippen molar-refractivity contribution in [3.05, 3.63) is 58.3 Å². The predicted molar refractivity (Wildman–Crippen MR) is 79.8 cm³/mol. The SMILES string of the molecule is Cn1cc(NC2CCSc3c(F)cccc32)ccc1=O. The third-order valence-corrected chi connectivity index (χ3v) is 4.61. The van der Waals surface area contributed by atoms with Gasteiger partial charge in [0.1, 0.15) is 5.82 Å². The molecule has 1 aromatic heterocycles. The lowest BCUT2D eigenvalue weighted by atomic mass is 10.0. The monoisotopic (exact) mass is 290 g/mol. The highest BCUT2D eigenvalue weighted by atomic mass is 32.2. The number of benzene rings is 1. The molecule has 0 bridgehead atoms. The molecule has 0 amide bonds. The summed E-state index contributed by atoms with van der Waals surface area (Å²) in [4.78, 5) is 12.1. The number of anilines is 1. The molecule has 0 saturated heterocycles. The Morgan fingerprint density at radius 2 is 2.20 bits per heavy atom. The van der Waals surface area contributed by atoms with E-state index in [1.165, 1.54) is 16.7 Å². The maximum absolute atomic E-state index is 13.8. The maximum Gasteiger partial charge on any atom is 0.250 e. The summed E-state index contributed by atoms with van der Waals surface area (Å²) in [6.07, 6.45) is 2.70. The second-order valence-corrected chi connectivity index (χ2v) is 5.96. The molecule has 3 rings (SSSR count). The van der Waals surface area contributed by atoms with E-state index in [0.717, 1.165) is 28.3 Å². The molecule has 0 aliphatic carbocycles. The number of thioether (sulfide) groups is 1. The second kappa shape index (κ2) is 5.32. The molecule has 104 valence electrons. The summed E-state index contributed by atoms with van der Waals surface area (Å²) in [6.45, 7) is 0. The number of fused-ring (bicyclic) bond motifs is 1. The fourth-order valence-electron chi connectivity index (χ4n) is 2.42. The number of hydrogen-bond donors (Lipinski definition) is 1. The van der Waals surface area contributed by atoms with Crippen molar-refractivity contribution in [3.8, 4) is 0 Å². The first-order chi connectivity index (χ1) is 9.65. The highest BCUT2D eigenvalue weighted by Crippen LogP contribution is 2.39. The van der Waals surface area contributed by atoms with Crippen molar-refractivity contribution >= 4 is 17.4 Å². The van der Waals surface area contributed by atoms with Crippen LogP contribution in [0.15, 0.2) is 46.2 Å². The fraction of sp³-hybridized carbons (Fsp3) is 0.267. The van der Waals surface area contributed by atoms with Crippen LogP contribution in [0.5, 0.6) is 0 Å². The zero-order chi connectivity index (χ0) is 14.1. The van der Waals surface area contributed by atoms with Gasteiger partial charge in [0, 0.05) is 30.0 Å². The number of aromatic nitrogens is 1.